The molecule has 2 aliphatic heterocycles. The monoisotopic (exact) mass is 546 g/mol. The van der Waals surface area contributed by atoms with E-state index in [1.54, 1.807) is 32.9 Å². The Morgan fingerprint density at radius 2 is 1.88 bits per heavy atom. The molecule has 3 heterocycles. The molecule has 2 atom stereocenters. The molecule has 0 aliphatic carbocycles. The molecule has 0 saturated heterocycles. The van der Waals surface area contributed by atoms with E-state index in [0.717, 1.165) is 11.1 Å². The molecule has 2 aliphatic rings. The molecule has 12 heteroatoms. The van der Waals surface area contributed by atoms with E-state index in [1.807, 2.05) is 31.2 Å². The van der Waals surface area contributed by atoms with E-state index < -0.39 is 36.3 Å². The molecule has 0 bridgehead atoms. The van der Waals surface area contributed by atoms with Crippen molar-refractivity contribution < 1.29 is 28.3 Å². The summed E-state index contributed by atoms with van der Waals surface area (Å²) in [6.07, 6.45) is -0.832. The molecule has 1 aromatic heterocycles. The Kier molecular flexibility index (Phi) is 7.35. The summed E-state index contributed by atoms with van der Waals surface area (Å²) >= 11 is 0. The van der Waals surface area contributed by atoms with E-state index in [-0.39, 0.29) is 24.5 Å². The van der Waals surface area contributed by atoms with Crippen LogP contribution in [0.5, 0.6) is 11.5 Å². The van der Waals surface area contributed by atoms with Crippen molar-refractivity contribution in [3.63, 3.8) is 0 Å². The van der Waals surface area contributed by atoms with Gasteiger partial charge in [0.2, 0.25) is 24.4 Å². The number of rotatable bonds is 8. The Morgan fingerprint density at radius 1 is 1.12 bits per heavy atom. The molecule has 0 saturated carbocycles. The molecule has 2 amide bonds. The van der Waals surface area contributed by atoms with Crippen LogP contribution in [0.4, 0.5) is 5.69 Å². The summed E-state index contributed by atoms with van der Waals surface area (Å²) in [5.74, 6) is -0.937. The molecule has 3 N–H and O–H groups in total. The Bertz CT molecular complexity index is 1510. The quantitative estimate of drug-likeness (QED) is 0.403. The maximum atomic E-state index is 13.3. The van der Waals surface area contributed by atoms with Crippen molar-refractivity contribution in [1.29, 1.82) is 0 Å². The van der Waals surface area contributed by atoms with Gasteiger partial charge < -0.3 is 24.9 Å². The Morgan fingerprint density at radius 3 is 2.60 bits per heavy atom. The van der Waals surface area contributed by atoms with E-state index in [0.29, 0.717) is 34.9 Å². The molecule has 2 aromatic carbocycles. The van der Waals surface area contributed by atoms with E-state index in [2.05, 4.69) is 20.5 Å². The first-order valence-electron chi connectivity index (χ1n) is 12.9. The third kappa shape index (κ3) is 5.43. The first-order chi connectivity index (χ1) is 19.1. The lowest BCUT2D eigenvalue weighted by molar-refractivity contribution is -0.124. The van der Waals surface area contributed by atoms with Crippen LogP contribution in [-0.2, 0) is 16.0 Å². The van der Waals surface area contributed by atoms with Gasteiger partial charge in [-0.05, 0) is 31.4 Å². The number of ketones is 1. The summed E-state index contributed by atoms with van der Waals surface area (Å²) < 4.78 is 16.6. The van der Waals surface area contributed by atoms with E-state index >= 15 is 0 Å². The van der Waals surface area contributed by atoms with Gasteiger partial charge in [-0.1, -0.05) is 43.7 Å². The van der Waals surface area contributed by atoms with Crippen LogP contribution in [0.2, 0.25) is 0 Å². The second kappa shape index (κ2) is 10.9. The average molecular weight is 547 g/mol. The number of anilines is 1. The number of hydrogen-bond donors (Lipinski definition) is 2. The molecule has 2 unspecified atom stereocenters. The van der Waals surface area contributed by atoms with E-state index in [4.69, 9.17) is 19.6 Å². The number of ether oxygens (including phenoxy) is 2. The van der Waals surface area contributed by atoms with Crippen LogP contribution >= 0.6 is 0 Å². The first kappa shape index (κ1) is 27.0. The molecule has 12 nitrogen and oxygen atoms in total. The number of nitrogens with two attached hydrogens (primary N) is 1. The summed E-state index contributed by atoms with van der Waals surface area (Å²) in [4.78, 5) is 45.3. The molecule has 0 radical (unpaired) electrons. The zero-order valence-corrected chi connectivity index (χ0v) is 22.6. The van der Waals surface area contributed by atoms with Crippen molar-refractivity contribution in [3.8, 4) is 11.5 Å². The molecule has 0 spiro atoms. The Labute approximate surface area is 230 Å². The maximum Gasteiger partial charge on any atom is 0.286 e. The lowest BCUT2D eigenvalue weighted by atomic mass is 9.99. The molecule has 5 rings (SSSR count). The van der Waals surface area contributed by atoms with Gasteiger partial charge >= 0.3 is 0 Å². The SMILES string of the molecule is CC1=NC(N)C(=O)N(CC(=O)NC(C(=O)c2nnc(Cc3cccc(C)c3)o2)C(C)C)c2cc3c(cc21)OCO3. The van der Waals surface area contributed by atoms with Crippen LogP contribution in [0.25, 0.3) is 0 Å². The van der Waals surface area contributed by atoms with Crippen LogP contribution in [0.3, 0.4) is 0 Å². The standard InChI is InChI=1S/C28H30N6O6/c1-14(2)24(25(36)27-33-32-23(40-27)9-17-7-5-6-15(3)8-17)31-22(35)12-34-19-11-21-20(38-13-39-21)10-18(19)16(4)30-26(29)28(34)37/h5-8,10-11,14,24,26H,9,12-13,29H2,1-4H3,(H,31,35). The topological polar surface area (TPSA) is 162 Å². The van der Waals surface area contributed by atoms with Crippen molar-refractivity contribution in [2.45, 2.75) is 46.3 Å². The average Bonchev–Trinajstić information content (AvgIpc) is 3.56. The van der Waals surface area contributed by atoms with Gasteiger partial charge in [-0.3, -0.25) is 24.3 Å². The second-order valence-electron chi connectivity index (χ2n) is 10.1. The smallest absolute Gasteiger partial charge is 0.286 e. The predicted octanol–water partition coefficient (Wildman–Crippen LogP) is 2.16. The number of Topliss-reactive ketones (excluding diaryl/α,β-unsaturated/α-hetero) is 1. The Balaban J connectivity index is 1.33. The molecule has 208 valence electrons. The van der Waals surface area contributed by atoms with E-state index in [9.17, 15) is 14.4 Å². The zero-order chi connectivity index (χ0) is 28.6. The lowest BCUT2D eigenvalue weighted by Crippen LogP contribution is -2.51. The number of fused-ring (bicyclic) bond motifs is 2. The van der Waals surface area contributed by atoms with Gasteiger partial charge in [0.25, 0.3) is 11.8 Å². The fraction of sp³-hybridized carbons (Fsp3) is 0.357. The highest BCUT2D eigenvalue weighted by Gasteiger charge is 2.34. The fourth-order valence-electron chi connectivity index (χ4n) is 4.67. The van der Waals surface area contributed by atoms with Crippen molar-refractivity contribution in [2.24, 2.45) is 16.6 Å². The van der Waals surface area contributed by atoms with Gasteiger partial charge in [0, 0.05) is 17.3 Å². The zero-order valence-electron chi connectivity index (χ0n) is 22.6. The number of carbonyl (C=O) groups is 3. The highest BCUT2D eigenvalue weighted by molar-refractivity contribution is 6.13. The molecular weight excluding hydrogens is 516 g/mol. The van der Waals surface area contributed by atoms with Gasteiger partial charge in [0.05, 0.1) is 18.2 Å². The highest BCUT2D eigenvalue weighted by Crippen LogP contribution is 2.39. The molecular formula is C28H30N6O6. The number of carbonyl (C=O) groups excluding carboxylic acids is 3. The van der Waals surface area contributed by atoms with Crippen LogP contribution in [0, 0.1) is 12.8 Å². The van der Waals surface area contributed by atoms with Crippen LogP contribution in [0.1, 0.15) is 54.0 Å². The predicted molar refractivity (Wildman–Crippen MR) is 144 cm³/mol. The summed E-state index contributed by atoms with van der Waals surface area (Å²) in [6.45, 7) is 6.92. The minimum absolute atomic E-state index is 0.0446. The summed E-state index contributed by atoms with van der Waals surface area (Å²) in [6, 6.07) is 10.2. The number of hydrogen-bond acceptors (Lipinski definition) is 10. The third-order valence-electron chi connectivity index (χ3n) is 6.71. The van der Waals surface area contributed by atoms with Gasteiger partial charge in [-0.25, -0.2) is 0 Å². The molecule has 3 aromatic rings. The van der Waals surface area contributed by atoms with Gasteiger partial charge in [0.1, 0.15) is 6.54 Å². The van der Waals surface area contributed by atoms with Gasteiger partial charge in [-0.15, -0.1) is 10.2 Å². The number of benzene rings is 2. The summed E-state index contributed by atoms with van der Waals surface area (Å²) in [5, 5.41) is 10.7. The largest absolute Gasteiger partial charge is 0.454 e. The summed E-state index contributed by atoms with van der Waals surface area (Å²) in [5.41, 5.74) is 9.59. The fourth-order valence-corrected chi connectivity index (χ4v) is 4.67. The van der Waals surface area contributed by atoms with Gasteiger partial charge in [-0.2, -0.15) is 0 Å². The van der Waals surface area contributed by atoms with Gasteiger partial charge in [0.15, 0.2) is 17.7 Å². The first-order valence-corrected chi connectivity index (χ1v) is 12.9. The highest BCUT2D eigenvalue weighted by atomic mass is 16.7. The second-order valence-corrected chi connectivity index (χ2v) is 10.1. The number of nitrogens with one attached hydrogen (secondary N) is 1. The third-order valence-corrected chi connectivity index (χ3v) is 6.71. The number of aryl methyl sites for hydroxylation is 1. The van der Waals surface area contributed by atoms with Crippen LogP contribution < -0.4 is 25.4 Å². The van der Waals surface area contributed by atoms with Crippen molar-refractivity contribution in [1.82, 2.24) is 15.5 Å². The molecule has 40 heavy (non-hydrogen) atoms. The maximum absolute atomic E-state index is 13.3. The molecule has 0 fully saturated rings. The number of nitrogens with zero attached hydrogens (tertiary/aromatic N) is 4. The van der Waals surface area contributed by atoms with Crippen molar-refractivity contribution in [3.05, 3.63) is 64.9 Å². The van der Waals surface area contributed by atoms with Crippen molar-refractivity contribution in [2.75, 3.05) is 18.2 Å². The minimum atomic E-state index is -1.20. The minimum Gasteiger partial charge on any atom is -0.454 e. The Hall–Kier alpha value is -4.58. The normalized spacial score (nSPS) is 16.9. The van der Waals surface area contributed by atoms with Crippen LogP contribution in [0.15, 0.2) is 45.8 Å². The number of aromatic nitrogens is 2. The lowest BCUT2D eigenvalue weighted by Gasteiger charge is -2.26. The number of aliphatic imine (C=N–C) groups is 1. The van der Waals surface area contributed by atoms with Crippen molar-refractivity contribution >= 4 is 29.0 Å². The number of amides is 2. The summed E-state index contributed by atoms with van der Waals surface area (Å²) in [7, 11) is 0. The van der Waals surface area contributed by atoms with E-state index in [1.165, 1.54) is 4.90 Å². The van der Waals surface area contributed by atoms with Crippen LogP contribution in [-0.4, -0.2) is 59.1 Å².